The van der Waals surface area contributed by atoms with Crippen molar-refractivity contribution in [1.82, 2.24) is 10.9 Å². The average Bonchev–Trinajstić information content (AvgIpc) is 2.91. The van der Waals surface area contributed by atoms with Crippen molar-refractivity contribution in [3.8, 4) is 17.2 Å². The van der Waals surface area contributed by atoms with Crippen LogP contribution in [0, 0.1) is 5.41 Å². The van der Waals surface area contributed by atoms with Crippen LogP contribution in [0.5, 0.6) is 17.2 Å². The summed E-state index contributed by atoms with van der Waals surface area (Å²) in [4.78, 5) is 26.0. The van der Waals surface area contributed by atoms with E-state index < -0.39 is 17.9 Å². The first-order valence-corrected chi connectivity index (χ1v) is 12.1. The van der Waals surface area contributed by atoms with Crippen molar-refractivity contribution in [1.29, 1.82) is 5.41 Å². The Morgan fingerprint density at radius 1 is 0.921 bits per heavy atom. The number of anilines is 1. The summed E-state index contributed by atoms with van der Waals surface area (Å²) in [6.07, 6.45) is -0.0646. The van der Waals surface area contributed by atoms with Crippen molar-refractivity contribution in [2.75, 3.05) is 19.0 Å². The van der Waals surface area contributed by atoms with Crippen molar-refractivity contribution in [2.24, 2.45) is 5.73 Å². The molecule has 0 aliphatic heterocycles. The first-order valence-electron chi connectivity index (χ1n) is 12.1. The van der Waals surface area contributed by atoms with Gasteiger partial charge in [-0.25, -0.2) is 0 Å². The van der Waals surface area contributed by atoms with Crippen LogP contribution in [0.25, 0.3) is 0 Å². The molecule has 6 N–H and O–H groups in total. The lowest BCUT2D eigenvalue weighted by atomic mass is 10.0. The molecule has 1 unspecified atom stereocenters. The summed E-state index contributed by atoms with van der Waals surface area (Å²) in [7, 11) is 1.54. The summed E-state index contributed by atoms with van der Waals surface area (Å²) in [5.41, 5.74) is 12.6. The molecule has 2 amide bonds. The Hall–Kier alpha value is -4.73. The second kappa shape index (κ2) is 13.0. The summed E-state index contributed by atoms with van der Waals surface area (Å²) in [6, 6.07) is 17.6. The lowest BCUT2D eigenvalue weighted by Gasteiger charge is -2.22. The molecule has 3 aromatic rings. The van der Waals surface area contributed by atoms with Gasteiger partial charge < -0.3 is 25.3 Å². The Kier molecular flexibility index (Phi) is 9.53. The Bertz CT molecular complexity index is 1260. The SMILES string of the molecule is CCOc1cc(C(Nc2ccc(C(=N)N)cc2)C(=O)NNC(=O)c2ccc(OC)cc2)ccc1OC(C)C. The van der Waals surface area contributed by atoms with Gasteiger partial charge in [-0.3, -0.25) is 25.8 Å². The van der Waals surface area contributed by atoms with Gasteiger partial charge in [-0.15, -0.1) is 0 Å². The van der Waals surface area contributed by atoms with Crippen LogP contribution in [0.3, 0.4) is 0 Å². The van der Waals surface area contributed by atoms with E-state index in [-0.39, 0.29) is 11.9 Å². The molecule has 0 fully saturated rings. The van der Waals surface area contributed by atoms with Crippen LogP contribution in [0.2, 0.25) is 0 Å². The zero-order chi connectivity index (χ0) is 27.7. The molecule has 0 aliphatic carbocycles. The molecular weight excluding hydrogens is 486 g/mol. The Morgan fingerprint density at radius 3 is 2.16 bits per heavy atom. The largest absolute Gasteiger partial charge is 0.497 e. The van der Waals surface area contributed by atoms with Gasteiger partial charge in [0.2, 0.25) is 0 Å². The van der Waals surface area contributed by atoms with Gasteiger partial charge in [0.15, 0.2) is 11.5 Å². The molecule has 1 atom stereocenters. The first kappa shape index (κ1) is 27.9. The molecule has 0 saturated heterocycles. The number of nitrogen functional groups attached to an aromatic ring is 1. The lowest BCUT2D eigenvalue weighted by Crippen LogP contribution is -2.45. The summed E-state index contributed by atoms with van der Waals surface area (Å²) in [6.45, 7) is 6.10. The molecule has 200 valence electrons. The number of hydrogen-bond acceptors (Lipinski definition) is 7. The van der Waals surface area contributed by atoms with E-state index in [1.807, 2.05) is 20.8 Å². The number of benzene rings is 3. The number of rotatable bonds is 11. The highest BCUT2D eigenvalue weighted by molar-refractivity contribution is 5.97. The second-order valence-electron chi connectivity index (χ2n) is 8.55. The van der Waals surface area contributed by atoms with E-state index in [0.29, 0.717) is 46.2 Å². The number of amidine groups is 1. The number of hydrazine groups is 1. The predicted molar refractivity (Wildman–Crippen MR) is 146 cm³/mol. The van der Waals surface area contributed by atoms with Crippen LogP contribution < -0.4 is 36.1 Å². The van der Waals surface area contributed by atoms with Gasteiger partial charge in [0.25, 0.3) is 11.8 Å². The van der Waals surface area contributed by atoms with Crippen molar-refractivity contribution in [3.63, 3.8) is 0 Å². The number of carbonyl (C=O) groups excluding carboxylic acids is 2. The third kappa shape index (κ3) is 7.39. The molecule has 0 heterocycles. The quantitative estimate of drug-likeness (QED) is 0.147. The van der Waals surface area contributed by atoms with Gasteiger partial charge >= 0.3 is 0 Å². The standard InChI is InChI=1S/C28H33N5O5/c1-5-37-24-16-20(10-15-23(24)38-17(2)3)25(31-21-11-6-18(7-12-21)26(29)30)28(35)33-32-27(34)19-8-13-22(36-4)14-9-19/h6-17,25,31H,5H2,1-4H3,(H3,29,30)(H,32,34)(H,33,35). The number of ether oxygens (including phenoxy) is 3. The van der Waals surface area contributed by atoms with E-state index in [0.717, 1.165) is 0 Å². The number of nitrogens with two attached hydrogens (primary N) is 1. The smallest absolute Gasteiger partial charge is 0.269 e. The van der Waals surface area contributed by atoms with E-state index in [9.17, 15) is 9.59 Å². The van der Waals surface area contributed by atoms with Crippen molar-refractivity contribution >= 4 is 23.3 Å². The van der Waals surface area contributed by atoms with Gasteiger partial charge in [-0.05, 0) is 87.0 Å². The van der Waals surface area contributed by atoms with E-state index in [1.165, 1.54) is 7.11 Å². The normalized spacial score (nSPS) is 11.3. The molecule has 0 aliphatic rings. The predicted octanol–water partition coefficient (Wildman–Crippen LogP) is 3.78. The highest BCUT2D eigenvalue weighted by Crippen LogP contribution is 2.33. The number of amides is 2. The van der Waals surface area contributed by atoms with Crippen molar-refractivity contribution in [3.05, 3.63) is 83.4 Å². The van der Waals surface area contributed by atoms with Gasteiger partial charge in [0.1, 0.15) is 17.6 Å². The first-order chi connectivity index (χ1) is 18.2. The number of carbonyl (C=O) groups is 2. The summed E-state index contributed by atoms with van der Waals surface area (Å²) in [5, 5.41) is 10.8. The minimum atomic E-state index is -0.915. The number of methoxy groups -OCH3 is 1. The van der Waals surface area contributed by atoms with E-state index >= 15 is 0 Å². The lowest BCUT2D eigenvalue weighted by molar-refractivity contribution is -0.122. The maximum atomic E-state index is 13.4. The van der Waals surface area contributed by atoms with Gasteiger partial charge in [-0.2, -0.15) is 0 Å². The van der Waals surface area contributed by atoms with E-state index in [2.05, 4.69) is 16.2 Å². The molecule has 38 heavy (non-hydrogen) atoms. The molecule has 3 rings (SSSR count). The maximum Gasteiger partial charge on any atom is 0.269 e. The number of nitrogens with one attached hydrogen (secondary N) is 4. The summed E-state index contributed by atoms with van der Waals surface area (Å²) >= 11 is 0. The van der Waals surface area contributed by atoms with Gasteiger partial charge in [0, 0.05) is 16.8 Å². The monoisotopic (exact) mass is 519 g/mol. The fourth-order valence-electron chi connectivity index (χ4n) is 3.54. The molecule has 10 nitrogen and oxygen atoms in total. The molecule has 3 aromatic carbocycles. The zero-order valence-electron chi connectivity index (χ0n) is 21.8. The van der Waals surface area contributed by atoms with Crippen LogP contribution in [-0.4, -0.2) is 37.5 Å². The molecule has 0 aromatic heterocycles. The molecule has 0 saturated carbocycles. The van der Waals surface area contributed by atoms with Gasteiger partial charge in [0.05, 0.1) is 19.8 Å². The zero-order valence-corrected chi connectivity index (χ0v) is 21.8. The van der Waals surface area contributed by atoms with Gasteiger partial charge in [-0.1, -0.05) is 6.07 Å². The molecule has 0 spiro atoms. The van der Waals surface area contributed by atoms with Crippen LogP contribution in [-0.2, 0) is 4.79 Å². The van der Waals surface area contributed by atoms with Crippen molar-refractivity contribution in [2.45, 2.75) is 32.9 Å². The third-order valence-corrected chi connectivity index (χ3v) is 5.38. The fraction of sp³-hybridized carbons (Fsp3) is 0.250. The van der Waals surface area contributed by atoms with Crippen LogP contribution in [0.4, 0.5) is 5.69 Å². The van der Waals surface area contributed by atoms with E-state index in [4.69, 9.17) is 25.4 Å². The van der Waals surface area contributed by atoms with Crippen molar-refractivity contribution < 1.29 is 23.8 Å². The number of hydrogen-bond donors (Lipinski definition) is 5. The molecular formula is C28H33N5O5. The van der Waals surface area contributed by atoms with Crippen LogP contribution in [0.15, 0.2) is 66.7 Å². The Labute approximate surface area is 222 Å². The molecule has 0 bridgehead atoms. The highest BCUT2D eigenvalue weighted by atomic mass is 16.5. The average molecular weight is 520 g/mol. The minimum absolute atomic E-state index is 0.0609. The van der Waals surface area contributed by atoms with E-state index in [1.54, 1.807) is 66.7 Å². The molecule has 10 heteroatoms. The summed E-state index contributed by atoms with van der Waals surface area (Å²) < 4.78 is 16.7. The third-order valence-electron chi connectivity index (χ3n) is 5.38. The molecule has 0 radical (unpaired) electrons. The van der Waals surface area contributed by atoms with Crippen LogP contribution >= 0.6 is 0 Å². The summed E-state index contributed by atoms with van der Waals surface area (Å²) in [5.74, 6) is 0.606. The highest BCUT2D eigenvalue weighted by Gasteiger charge is 2.23. The Morgan fingerprint density at radius 2 is 1.58 bits per heavy atom. The van der Waals surface area contributed by atoms with Crippen LogP contribution in [0.1, 0.15) is 48.3 Å². The topological polar surface area (TPSA) is 148 Å². The second-order valence-corrected chi connectivity index (χ2v) is 8.55. The fourth-order valence-corrected chi connectivity index (χ4v) is 3.54. The minimum Gasteiger partial charge on any atom is -0.497 e. The Balaban J connectivity index is 1.87. The maximum absolute atomic E-state index is 13.4.